The highest BCUT2D eigenvalue weighted by Crippen LogP contribution is 2.35. The van der Waals surface area contributed by atoms with Gasteiger partial charge in [-0.15, -0.1) is 0 Å². The third kappa shape index (κ3) is 2.40. The maximum Gasteiger partial charge on any atom is 0.142 e. The van der Waals surface area contributed by atoms with Crippen LogP contribution in [0.15, 0.2) is 35.1 Å². The molecule has 1 heterocycles. The molecular formula is C15H22O. The zero-order chi connectivity index (χ0) is 11.4. The molecule has 0 N–H and O–H groups in total. The molecule has 88 valence electrons. The van der Waals surface area contributed by atoms with Crippen molar-refractivity contribution in [1.29, 1.82) is 0 Å². The molecule has 0 aromatic carbocycles. The molecule has 2 rings (SSSR count). The molecule has 0 bridgehead atoms. The van der Waals surface area contributed by atoms with Crippen LogP contribution in [0.5, 0.6) is 0 Å². The third-order valence-corrected chi connectivity index (χ3v) is 3.32. The molecule has 0 saturated carbocycles. The Labute approximate surface area is 98.9 Å². The minimum Gasteiger partial charge on any atom is -0.486 e. The first-order valence-corrected chi connectivity index (χ1v) is 6.63. The smallest absolute Gasteiger partial charge is 0.142 e. The number of unbranched alkanes of at least 4 members (excludes halogenated alkanes) is 2. The number of ether oxygens (including phenoxy) is 1. The second kappa shape index (κ2) is 5.38. The number of rotatable bonds is 6. The predicted octanol–water partition coefficient (Wildman–Crippen LogP) is 4.52. The van der Waals surface area contributed by atoms with Crippen molar-refractivity contribution in [2.75, 3.05) is 0 Å². The lowest BCUT2D eigenvalue weighted by Crippen LogP contribution is -2.01. The van der Waals surface area contributed by atoms with Gasteiger partial charge in [-0.2, -0.15) is 0 Å². The van der Waals surface area contributed by atoms with Crippen molar-refractivity contribution in [2.24, 2.45) is 0 Å². The van der Waals surface area contributed by atoms with Crippen LogP contribution in [-0.2, 0) is 4.74 Å². The first-order chi connectivity index (χ1) is 7.85. The van der Waals surface area contributed by atoms with Gasteiger partial charge < -0.3 is 4.74 Å². The predicted molar refractivity (Wildman–Crippen MR) is 68.2 cm³/mol. The molecule has 1 aliphatic heterocycles. The van der Waals surface area contributed by atoms with Crippen LogP contribution in [0.4, 0.5) is 0 Å². The molecule has 2 aliphatic rings. The van der Waals surface area contributed by atoms with Crippen LogP contribution in [0.25, 0.3) is 0 Å². The summed E-state index contributed by atoms with van der Waals surface area (Å²) >= 11 is 0. The van der Waals surface area contributed by atoms with Crippen molar-refractivity contribution in [3.8, 4) is 0 Å². The van der Waals surface area contributed by atoms with E-state index in [2.05, 4.69) is 32.1 Å². The number of hydrogen-bond donors (Lipinski definition) is 0. The summed E-state index contributed by atoms with van der Waals surface area (Å²) in [6.07, 6.45) is 14.3. The fourth-order valence-electron chi connectivity index (χ4n) is 2.31. The molecule has 0 aromatic heterocycles. The van der Waals surface area contributed by atoms with Crippen LogP contribution in [0.2, 0.25) is 0 Å². The molecule has 0 spiro atoms. The lowest BCUT2D eigenvalue weighted by Gasteiger charge is -2.07. The Morgan fingerprint density at radius 1 is 1.12 bits per heavy atom. The SMILES string of the molecule is CCCCC1=CC2=C(CCCC)C=CC2O1. The van der Waals surface area contributed by atoms with Crippen molar-refractivity contribution in [1.82, 2.24) is 0 Å². The summed E-state index contributed by atoms with van der Waals surface area (Å²) in [5.41, 5.74) is 2.93. The van der Waals surface area contributed by atoms with E-state index >= 15 is 0 Å². The summed E-state index contributed by atoms with van der Waals surface area (Å²) in [6, 6.07) is 0. The number of fused-ring (bicyclic) bond motifs is 1. The van der Waals surface area contributed by atoms with Gasteiger partial charge in [0.05, 0.1) is 5.76 Å². The quantitative estimate of drug-likeness (QED) is 0.637. The van der Waals surface area contributed by atoms with E-state index in [1.54, 1.807) is 0 Å². The summed E-state index contributed by atoms with van der Waals surface area (Å²) in [5.74, 6) is 1.19. The second-order valence-electron chi connectivity index (χ2n) is 4.70. The van der Waals surface area contributed by atoms with E-state index in [0.717, 1.165) is 6.42 Å². The Morgan fingerprint density at radius 3 is 2.62 bits per heavy atom. The van der Waals surface area contributed by atoms with Crippen LogP contribution in [0, 0.1) is 0 Å². The Bertz CT molecular complexity index is 333. The molecule has 0 fully saturated rings. The molecule has 0 saturated heterocycles. The molecule has 1 aliphatic carbocycles. The lowest BCUT2D eigenvalue weighted by atomic mass is 10.0. The Balaban J connectivity index is 2.00. The molecule has 1 unspecified atom stereocenters. The van der Waals surface area contributed by atoms with Crippen LogP contribution in [-0.4, -0.2) is 6.10 Å². The summed E-state index contributed by atoms with van der Waals surface area (Å²) in [4.78, 5) is 0. The van der Waals surface area contributed by atoms with Gasteiger partial charge >= 0.3 is 0 Å². The highest BCUT2D eigenvalue weighted by atomic mass is 16.5. The highest BCUT2D eigenvalue weighted by Gasteiger charge is 2.26. The summed E-state index contributed by atoms with van der Waals surface area (Å²) in [6.45, 7) is 4.47. The van der Waals surface area contributed by atoms with E-state index < -0.39 is 0 Å². The van der Waals surface area contributed by atoms with Crippen molar-refractivity contribution >= 4 is 0 Å². The average molecular weight is 218 g/mol. The molecule has 0 aromatic rings. The fourth-order valence-corrected chi connectivity index (χ4v) is 2.31. The highest BCUT2D eigenvalue weighted by molar-refractivity contribution is 5.48. The standard InChI is InChI=1S/C15H22O/c1-3-5-7-12-9-10-15-14(12)11-13(16-15)8-6-4-2/h9-11,15H,3-8H2,1-2H3. The maximum absolute atomic E-state index is 5.91. The van der Waals surface area contributed by atoms with Gasteiger partial charge in [-0.1, -0.05) is 32.8 Å². The van der Waals surface area contributed by atoms with Gasteiger partial charge in [0.2, 0.25) is 0 Å². The largest absolute Gasteiger partial charge is 0.486 e. The summed E-state index contributed by atoms with van der Waals surface area (Å²) < 4.78 is 5.91. The van der Waals surface area contributed by atoms with Crippen LogP contribution < -0.4 is 0 Å². The average Bonchev–Trinajstić information content (AvgIpc) is 2.83. The van der Waals surface area contributed by atoms with Gasteiger partial charge in [0.1, 0.15) is 6.10 Å². The van der Waals surface area contributed by atoms with Gasteiger partial charge in [-0.25, -0.2) is 0 Å². The second-order valence-corrected chi connectivity index (χ2v) is 4.70. The first-order valence-electron chi connectivity index (χ1n) is 6.63. The zero-order valence-corrected chi connectivity index (χ0v) is 10.5. The molecule has 16 heavy (non-hydrogen) atoms. The molecule has 0 radical (unpaired) electrons. The molecule has 1 heteroatoms. The molecule has 1 nitrogen and oxygen atoms in total. The fraction of sp³-hybridized carbons (Fsp3) is 0.600. The Morgan fingerprint density at radius 2 is 1.88 bits per heavy atom. The zero-order valence-electron chi connectivity index (χ0n) is 10.5. The normalized spacial score (nSPS) is 22.4. The van der Waals surface area contributed by atoms with Crippen molar-refractivity contribution in [2.45, 2.75) is 58.5 Å². The first kappa shape index (κ1) is 11.5. The lowest BCUT2D eigenvalue weighted by molar-refractivity contribution is 0.195. The van der Waals surface area contributed by atoms with Crippen molar-refractivity contribution in [3.63, 3.8) is 0 Å². The van der Waals surface area contributed by atoms with Crippen LogP contribution in [0.3, 0.4) is 0 Å². The van der Waals surface area contributed by atoms with E-state index in [9.17, 15) is 0 Å². The minimum atomic E-state index is 0.249. The van der Waals surface area contributed by atoms with Gasteiger partial charge in [0, 0.05) is 12.0 Å². The molecular weight excluding hydrogens is 196 g/mol. The monoisotopic (exact) mass is 218 g/mol. The van der Waals surface area contributed by atoms with E-state index in [0.29, 0.717) is 0 Å². The topological polar surface area (TPSA) is 9.23 Å². The molecule has 0 amide bonds. The van der Waals surface area contributed by atoms with Crippen molar-refractivity contribution < 1.29 is 4.74 Å². The minimum absolute atomic E-state index is 0.249. The number of hydrogen-bond acceptors (Lipinski definition) is 1. The van der Waals surface area contributed by atoms with E-state index in [4.69, 9.17) is 4.74 Å². The van der Waals surface area contributed by atoms with Gasteiger partial charge in [-0.3, -0.25) is 0 Å². The van der Waals surface area contributed by atoms with Crippen LogP contribution >= 0.6 is 0 Å². The van der Waals surface area contributed by atoms with Crippen molar-refractivity contribution in [3.05, 3.63) is 35.1 Å². The van der Waals surface area contributed by atoms with Crippen LogP contribution in [0.1, 0.15) is 52.4 Å². The van der Waals surface area contributed by atoms with E-state index in [1.165, 1.54) is 49.0 Å². The van der Waals surface area contributed by atoms with E-state index in [-0.39, 0.29) is 6.10 Å². The summed E-state index contributed by atoms with van der Waals surface area (Å²) in [5, 5.41) is 0. The van der Waals surface area contributed by atoms with E-state index in [1.807, 2.05) is 0 Å². The van der Waals surface area contributed by atoms with Gasteiger partial charge in [-0.05, 0) is 37.0 Å². The van der Waals surface area contributed by atoms with Gasteiger partial charge in [0.25, 0.3) is 0 Å². The summed E-state index contributed by atoms with van der Waals surface area (Å²) in [7, 11) is 0. The Hall–Kier alpha value is -0.980. The Kier molecular flexibility index (Phi) is 3.87. The van der Waals surface area contributed by atoms with Gasteiger partial charge in [0.15, 0.2) is 0 Å². The molecule has 1 atom stereocenters. The maximum atomic E-state index is 5.91. The third-order valence-electron chi connectivity index (χ3n) is 3.32. The number of allylic oxidation sites excluding steroid dienone is 3.